The summed E-state index contributed by atoms with van der Waals surface area (Å²) < 4.78 is 41.5. The summed E-state index contributed by atoms with van der Waals surface area (Å²) >= 11 is 0. The highest BCUT2D eigenvalue weighted by atomic mass is 32.2. The lowest BCUT2D eigenvalue weighted by Crippen LogP contribution is -2.27. The van der Waals surface area contributed by atoms with E-state index < -0.39 is 28.1 Å². The lowest BCUT2D eigenvalue weighted by molar-refractivity contribution is -0.149. The highest BCUT2D eigenvalue weighted by molar-refractivity contribution is 7.92. The second-order valence-corrected chi connectivity index (χ2v) is 7.71. The molecule has 28 heavy (non-hydrogen) atoms. The predicted molar refractivity (Wildman–Crippen MR) is 102 cm³/mol. The molecule has 0 fully saturated rings. The Morgan fingerprint density at radius 2 is 1.61 bits per heavy atom. The summed E-state index contributed by atoms with van der Waals surface area (Å²) in [4.78, 5) is 23.4. The third-order valence-corrected chi connectivity index (χ3v) is 5.78. The fraction of sp³-hybridized carbons (Fsp3) is 0.263. The molecule has 1 unspecified atom stereocenters. The van der Waals surface area contributed by atoms with Crippen LogP contribution in [0.3, 0.4) is 0 Å². The number of methoxy groups -OCH3 is 2. The summed E-state index contributed by atoms with van der Waals surface area (Å²) in [6.07, 6.45) is -1.07. The third kappa shape index (κ3) is 4.42. The van der Waals surface area contributed by atoms with Crippen molar-refractivity contribution in [1.29, 1.82) is 0 Å². The molecule has 0 aliphatic carbocycles. The van der Waals surface area contributed by atoms with E-state index in [1.54, 1.807) is 24.3 Å². The van der Waals surface area contributed by atoms with E-state index in [9.17, 15) is 18.0 Å². The molecule has 0 amide bonds. The normalized spacial score (nSPS) is 12.0. The maximum atomic E-state index is 12.9. The molecule has 2 rings (SSSR count). The zero-order valence-corrected chi connectivity index (χ0v) is 16.7. The smallest absolute Gasteiger partial charge is 0.346 e. The van der Waals surface area contributed by atoms with Gasteiger partial charge in [0.05, 0.1) is 30.4 Å². The van der Waals surface area contributed by atoms with Crippen LogP contribution in [0.5, 0.6) is 5.75 Å². The van der Waals surface area contributed by atoms with Gasteiger partial charge >= 0.3 is 11.9 Å². The molecule has 0 saturated heterocycles. The maximum Gasteiger partial charge on any atom is 0.346 e. The number of para-hydroxylation sites is 2. The van der Waals surface area contributed by atoms with E-state index >= 15 is 0 Å². The van der Waals surface area contributed by atoms with Gasteiger partial charge < -0.3 is 14.2 Å². The summed E-state index contributed by atoms with van der Waals surface area (Å²) in [5.41, 5.74) is 0.482. The Hall–Kier alpha value is -3.07. The van der Waals surface area contributed by atoms with Crippen LogP contribution in [0.4, 0.5) is 5.69 Å². The van der Waals surface area contributed by atoms with Crippen molar-refractivity contribution in [3.05, 3.63) is 54.1 Å². The number of carbonyl (C=O) groups is 2. The zero-order valence-electron chi connectivity index (χ0n) is 15.9. The lowest BCUT2D eigenvalue weighted by Gasteiger charge is -2.21. The molecular formula is C19H21NO7S. The number of carbonyl (C=O) groups excluding carboxylic acids is 2. The average Bonchev–Trinajstić information content (AvgIpc) is 2.72. The number of sulfonamides is 1. The first-order valence-electron chi connectivity index (χ1n) is 8.23. The van der Waals surface area contributed by atoms with Gasteiger partial charge in [-0.1, -0.05) is 12.1 Å². The van der Waals surface area contributed by atoms with E-state index in [1.807, 2.05) is 0 Å². The minimum absolute atomic E-state index is 0.0153. The number of ether oxygens (including phenoxy) is 3. The number of rotatable bonds is 7. The number of hydrogen-bond donors (Lipinski definition) is 0. The van der Waals surface area contributed by atoms with Gasteiger partial charge in [-0.05, 0) is 43.3 Å². The van der Waals surface area contributed by atoms with E-state index in [1.165, 1.54) is 52.5 Å². The first kappa shape index (κ1) is 21.2. The van der Waals surface area contributed by atoms with Crippen molar-refractivity contribution in [2.75, 3.05) is 25.6 Å². The molecule has 2 aromatic rings. The van der Waals surface area contributed by atoms with Crippen molar-refractivity contribution in [2.24, 2.45) is 0 Å². The van der Waals surface area contributed by atoms with Crippen LogP contribution in [0.2, 0.25) is 0 Å². The van der Waals surface area contributed by atoms with Gasteiger partial charge in [-0.2, -0.15) is 0 Å². The van der Waals surface area contributed by atoms with Gasteiger partial charge in [-0.15, -0.1) is 0 Å². The van der Waals surface area contributed by atoms with E-state index in [0.717, 1.165) is 4.31 Å². The van der Waals surface area contributed by atoms with Crippen molar-refractivity contribution in [3.63, 3.8) is 0 Å². The minimum atomic E-state index is -3.88. The fourth-order valence-corrected chi connectivity index (χ4v) is 3.59. The standard InChI is InChI=1S/C19H21NO7S/c1-13(18(21)26-4)27-19(22)14-9-11-15(12-10-14)28(23,24)20(2)16-7-5-6-8-17(16)25-3/h5-13H,1-4H3. The van der Waals surface area contributed by atoms with Crippen LogP contribution in [0.25, 0.3) is 0 Å². The predicted octanol–water partition coefficient (Wildman–Crippen LogP) is 2.24. The number of hydrogen-bond acceptors (Lipinski definition) is 7. The first-order valence-corrected chi connectivity index (χ1v) is 9.67. The monoisotopic (exact) mass is 407 g/mol. The Labute approximate surface area is 163 Å². The molecule has 0 spiro atoms. The van der Waals surface area contributed by atoms with Gasteiger partial charge in [-0.25, -0.2) is 18.0 Å². The molecule has 150 valence electrons. The second-order valence-electron chi connectivity index (χ2n) is 5.74. The van der Waals surface area contributed by atoms with E-state index in [2.05, 4.69) is 4.74 Å². The molecule has 0 radical (unpaired) electrons. The van der Waals surface area contributed by atoms with Crippen molar-refractivity contribution in [1.82, 2.24) is 0 Å². The number of benzene rings is 2. The van der Waals surface area contributed by atoms with Gasteiger partial charge in [0, 0.05) is 7.05 Å². The third-order valence-electron chi connectivity index (χ3n) is 3.99. The molecule has 9 heteroatoms. The van der Waals surface area contributed by atoms with Crippen molar-refractivity contribution in [2.45, 2.75) is 17.9 Å². The van der Waals surface area contributed by atoms with Crippen LogP contribution in [0.15, 0.2) is 53.4 Å². The Morgan fingerprint density at radius 3 is 2.18 bits per heavy atom. The van der Waals surface area contributed by atoms with E-state index in [4.69, 9.17) is 9.47 Å². The van der Waals surface area contributed by atoms with Gasteiger partial charge in [0.2, 0.25) is 0 Å². The Bertz CT molecular complexity index is 955. The van der Waals surface area contributed by atoms with Crippen LogP contribution in [0.1, 0.15) is 17.3 Å². The van der Waals surface area contributed by atoms with Gasteiger partial charge in [0.15, 0.2) is 6.10 Å². The highest BCUT2D eigenvalue weighted by Gasteiger charge is 2.25. The Morgan fingerprint density at radius 1 is 1.00 bits per heavy atom. The molecule has 1 atom stereocenters. The topological polar surface area (TPSA) is 99.2 Å². The second kappa shape index (κ2) is 8.75. The van der Waals surface area contributed by atoms with Crippen molar-refractivity contribution in [3.8, 4) is 5.75 Å². The largest absolute Gasteiger partial charge is 0.495 e. The molecule has 0 saturated carbocycles. The van der Waals surface area contributed by atoms with Crippen LogP contribution in [0, 0.1) is 0 Å². The molecule has 0 aromatic heterocycles. The summed E-state index contributed by atoms with van der Waals surface area (Å²) in [7, 11) is 0.168. The van der Waals surface area contributed by atoms with Crippen molar-refractivity contribution < 1.29 is 32.2 Å². The molecule has 0 heterocycles. The van der Waals surface area contributed by atoms with Gasteiger partial charge in [0.25, 0.3) is 10.0 Å². The minimum Gasteiger partial charge on any atom is -0.495 e. The number of anilines is 1. The van der Waals surface area contributed by atoms with Crippen LogP contribution in [-0.2, 0) is 24.3 Å². The molecule has 0 aliphatic heterocycles. The molecule has 0 bridgehead atoms. The van der Waals surface area contributed by atoms with E-state index in [0.29, 0.717) is 11.4 Å². The molecule has 0 N–H and O–H groups in total. The number of nitrogens with zero attached hydrogens (tertiary/aromatic N) is 1. The summed E-state index contributed by atoms with van der Waals surface area (Å²) in [6.45, 7) is 1.38. The maximum absolute atomic E-state index is 12.9. The highest BCUT2D eigenvalue weighted by Crippen LogP contribution is 2.30. The van der Waals surface area contributed by atoms with Crippen LogP contribution in [-0.4, -0.2) is 47.7 Å². The average molecular weight is 407 g/mol. The summed E-state index contributed by atoms with van der Waals surface area (Å²) in [5.74, 6) is -1.04. The fourth-order valence-electron chi connectivity index (χ4n) is 2.38. The van der Waals surface area contributed by atoms with Crippen molar-refractivity contribution >= 4 is 27.6 Å². The Balaban J connectivity index is 2.24. The molecule has 0 aliphatic rings. The van der Waals surface area contributed by atoms with Crippen LogP contribution < -0.4 is 9.04 Å². The Kier molecular flexibility index (Phi) is 6.63. The lowest BCUT2D eigenvalue weighted by atomic mass is 10.2. The summed E-state index contributed by atoms with van der Waals surface area (Å²) in [5, 5.41) is 0. The zero-order chi connectivity index (χ0) is 20.9. The molecule has 8 nitrogen and oxygen atoms in total. The SMILES string of the molecule is COC(=O)C(C)OC(=O)c1ccc(S(=O)(=O)N(C)c2ccccc2OC)cc1. The van der Waals surface area contributed by atoms with Crippen LogP contribution >= 0.6 is 0 Å². The van der Waals surface area contributed by atoms with Gasteiger partial charge in [0.1, 0.15) is 5.75 Å². The van der Waals surface area contributed by atoms with E-state index in [-0.39, 0.29) is 10.5 Å². The summed E-state index contributed by atoms with van der Waals surface area (Å²) in [6, 6.07) is 11.9. The number of esters is 2. The van der Waals surface area contributed by atoms with Gasteiger partial charge in [-0.3, -0.25) is 4.31 Å². The quantitative estimate of drug-likeness (QED) is 0.649. The first-order chi connectivity index (χ1) is 13.2. The molecular weight excluding hydrogens is 386 g/mol. The molecule has 2 aromatic carbocycles.